The van der Waals surface area contributed by atoms with Crippen molar-refractivity contribution in [1.29, 1.82) is 0 Å². The number of amides is 4. The first-order valence-corrected chi connectivity index (χ1v) is 11.8. The normalized spacial score (nSPS) is 26.0. The van der Waals surface area contributed by atoms with Crippen LogP contribution in [-0.4, -0.2) is 49.0 Å². The molecule has 2 aliphatic rings. The van der Waals surface area contributed by atoms with Gasteiger partial charge < -0.3 is 10.6 Å². The van der Waals surface area contributed by atoms with E-state index in [1.165, 1.54) is 24.3 Å². The average molecular weight is 436 g/mol. The monoisotopic (exact) mass is 435 g/mol. The number of hydrogen-bond acceptors (Lipinski definition) is 5. The molecule has 2 fully saturated rings. The van der Waals surface area contributed by atoms with E-state index in [1.807, 2.05) is 0 Å². The van der Waals surface area contributed by atoms with E-state index in [0.29, 0.717) is 18.5 Å². The van der Waals surface area contributed by atoms with Crippen LogP contribution < -0.4 is 10.6 Å². The minimum atomic E-state index is -3.33. The van der Waals surface area contributed by atoms with Crippen molar-refractivity contribution in [3.05, 3.63) is 24.3 Å². The lowest BCUT2D eigenvalue weighted by Crippen LogP contribution is -2.54. The summed E-state index contributed by atoms with van der Waals surface area (Å²) in [6.07, 6.45) is 2.08. The van der Waals surface area contributed by atoms with Crippen molar-refractivity contribution in [3.63, 3.8) is 0 Å². The van der Waals surface area contributed by atoms with Crippen LogP contribution in [0.3, 0.4) is 0 Å². The van der Waals surface area contributed by atoms with E-state index in [1.54, 1.807) is 6.92 Å². The van der Waals surface area contributed by atoms with Crippen molar-refractivity contribution in [3.8, 4) is 0 Å². The van der Waals surface area contributed by atoms with E-state index < -0.39 is 33.9 Å². The zero-order valence-corrected chi connectivity index (χ0v) is 18.6. The number of imide groups is 1. The van der Waals surface area contributed by atoms with Gasteiger partial charge in [-0.1, -0.05) is 27.7 Å². The summed E-state index contributed by atoms with van der Waals surface area (Å²) >= 11 is 0. The fourth-order valence-corrected chi connectivity index (χ4v) is 5.79. The Labute approximate surface area is 177 Å². The number of nitrogens with zero attached hydrogens (tertiary/aromatic N) is 1. The van der Waals surface area contributed by atoms with Gasteiger partial charge in [0.1, 0.15) is 12.1 Å². The lowest BCUT2D eigenvalue weighted by Gasteiger charge is -2.43. The molecule has 9 heteroatoms. The lowest BCUT2D eigenvalue weighted by molar-refractivity contribution is -0.136. The molecule has 1 aliphatic carbocycles. The van der Waals surface area contributed by atoms with Gasteiger partial charge in [0, 0.05) is 5.69 Å². The molecule has 0 aromatic heterocycles. The number of benzene rings is 1. The first kappa shape index (κ1) is 22.3. The van der Waals surface area contributed by atoms with E-state index in [-0.39, 0.29) is 27.9 Å². The SMILES string of the molecule is CCS(=O)(=O)c1ccc(NC(=O)CN2C(=O)N[C@@]3(C[C@@H](C)CC(C)(C)C3)C2=O)cc1. The summed E-state index contributed by atoms with van der Waals surface area (Å²) < 4.78 is 23.8. The molecule has 3 rings (SSSR count). The summed E-state index contributed by atoms with van der Waals surface area (Å²) in [5, 5.41) is 5.46. The number of anilines is 1. The maximum absolute atomic E-state index is 13.1. The van der Waals surface area contributed by atoms with E-state index in [2.05, 4.69) is 31.4 Å². The third-order valence-electron chi connectivity index (χ3n) is 5.80. The summed E-state index contributed by atoms with van der Waals surface area (Å²) in [5.74, 6) is -0.608. The highest BCUT2D eigenvalue weighted by atomic mass is 32.2. The fraction of sp³-hybridized carbons (Fsp3) is 0.571. The standard InChI is InChI=1S/C21H29N3O5S/c1-5-30(28,29)16-8-6-15(7-9-16)22-17(25)12-24-18(26)21(23-19(24)27)11-14(2)10-20(3,4)13-21/h6-9,14H,5,10-13H2,1-4H3,(H,22,25)(H,23,27)/t14-,21+/m0/s1. The third kappa shape index (κ3) is 4.35. The predicted molar refractivity (Wildman–Crippen MR) is 113 cm³/mol. The molecule has 30 heavy (non-hydrogen) atoms. The molecule has 0 bridgehead atoms. The van der Waals surface area contributed by atoms with E-state index >= 15 is 0 Å². The predicted octanol–water partition coefficient (Wildman–Crippen LogP) is 2.56. The Morgan fingerprint density at radius 3 is 2.40 bits per heavy atom. The molecular formula is C21H29N3O5S. The molecule has 1 aromatic carbocycles. The smallest absolute Gasteiger partial charge is 0.325 e. The number of urea groups is 1. The van der Waals surface area contributed by atoms with Crippen LogP contribution >= 0.6 is 0 Å². The number of rotatable bonds is 5. The van der Waals surface area contributed by atoms with Crippen molar-refractivity contribution < 1.29 is 22.8 Å². The van der Waals surface area contributed by atoms with E-state index in [4.69, 9.17) is 0 Å². The van der Waals surface area contributed by atoms with Crippen LogP contribution in [-0.2, 0) is 19.4 Å². The van der Waals surface area contributed by atoms with Gasteiger partial charge in [0.2, 0.25) is 5.91 Å². The van der Waals surface area contributed by atoms with Crippen LogP contribution in [0.4, 0.5) is 10.5 Å². The Balaban J connectivity index is 1.68. The number of nitrogens with one attached hydrogen (secondary N) is 2. The Morgan fingerprint density at radius 2 is 1.83 bits per heavy atom. The lowest BCUT2D eigenvalue weighted by atomic mass is 9.64. The maximum Gasteiger partial charge on any atom is 0.325 e. The minimum Gasteiger partial charge on any atom is -0.325 e. The molecule has 1 spiro atoms. The second-order valence-electron chi connectivity index (χ2n) is 9.23. The summed E-state index contributed by atoms with van der Waals surface area (Å²) in [5.41, 5.74) is -0.641. The molecule has 1 saturated carbocycles. The van der Waals surface area contributed by atoms with Gasteiger partial charge in [-0.05, 0) is 54.9 Å². The Bertz CT molecular complexity index is 971. The molecule has 164 valence electrons. The number of carbonyl (C=O) groups is 3. The number of sulfone groups is 1. The van der Waals surface area contributed by atoms with Gasteiger partial charge in [-0.2, -0.15) is 0 Å². The Morgan fingerprint density at radius 1 is 1.20 bits per heavy atom. The third-order valence-corrected chi connectivity index (χ3v) is 7.55. The average Bonchev–Trinajstić information content (AvgIpc) is 2.83. The first-order chi connectivity index (χ1) is 13.9. The van der Waals surface area contributed by atoms with Crippen molar-refractivity contribution in [2.75, 3.05) is 17.6 Å². The molecule has 1 saturated heterocycles. The molecule has 0 radical (unpaired) electrons. The van der Waals surface area contributed by atoms with Gasteiger partial charge >= 0.3 is 6.03 Å². The highest BCUT2D eigenvalue weighted by molar-refractivity contribution is 7.91. The van der Waals surface area contributed by atoms with Gasteiger partial charge in [-0.3, -0.25) is 14.5 Å². The number of carbonyl (C=O) groups excluding carboxylic acids is 3. The summed E-state index contributed by atoms with van der Waals surface area (Å²) in [7, 11) is -3.33. The summed E-state index contributed by atoms with van der Waals surface area (Å²) in [4.78, 5) is 39.2. The second kappa shape index (κ2) is 7.68. The van der Waals surface area contributed by atoms with Crippen LogP contribution in [0, 0.1) is 11.3 Å². The highest BCUT2D eigenvalue weighted by Gasteiger charge is 2.56. The molecule has 8 nitrogen and oxygen atoms in total. The van der Waals surface area contributed by atoms with E-state index in [9.17, 15) is 22.8 Å². The summed E-state index contributed by atoms with van der Waals surface area (Å²) in [6, 6.07) is 5.26. The zero-order chi connectivity index (χ0) is 22.3. The number of hydrogen-bond donors (Lipinski definition) is 2. The zero-order valence-electron chi connectivity index (χ0n) is 17.8. The largest absolute Gasteiger partial charge is 0.325 e. The first-order valence-electron chi connectivity index (χ1n) is 10.1. The van der Waals surface area contributed by atoms with Gasteiger partial charge in [0.25, 0.3) is 5.91 Å². The Hall–Kier alpha value is -2.42. The van der Waals surface area contributed by atoms with Crippen molar-refractivity contribution in [1.82, 2.24) is 10.2 Å². The molecular weight excluding hydrogens is 406 g/mol. The molecule has 0 unspecified atom stereocenters. The van der Waals surface area contributed by atoms with Crippen LogP contribution in [0.15, 0.2) is 29.2 Å². The quantitative estimate of drug-likeness (QED) is 0.690. The second-order valence-corrected chi connectivity index (χ2v) is 11.5. The van der Waals surface area contributed by atoms with Crippen LogP contribution in [0.1, 0.15) is 47.0 Å². The van der Waals surface area contributed by atoms with Crippen molar-refractivity contribution in [2.45, 2.75) is 57.4 Å². The van der Waals surface area contributed by atoms with Crippen molar-refractivity contribution in [2.24, 2.45) is 11.3 Å². The molecule has 2 N–H and O–H groups in total. The molecule has 4 amide bonds. The maximum atomic E-state index is 13.1. The Kier molecular flexibility index (Phi) is 5.70. The van der Waals surface area contributed by atoms with Gasteiger partial charge in [-0.25, -0.2) is 13.2 Å². The topological polar surface area (TPSA) is 113 Å². The van der Waals surface area contributed by atoms with Gasteiger partial charge in [0.15, 0.2) is 9.84 Å². The fourth-order valence-electron chi connectivity index (χ4n) is 4.91. The summed E-state index contributed by atoms with van der Waals surface area (Å²) in [6.45, 7) is 7.41. The molecule has 1 heterocycles. The molecule has 2 atom stereocenters. The van der Waals surface area contributed by atoms with Crippen LogP contribution in [0.5, 0.6) is 0 Å². The molecule has 1 aliphatic heterocycles. The van der Waals surface area contributed by atoms with Crippen molar-refractivity contribution >= 4 is 33.4 Å². The van der Waals surface area contributed by atoms with Crippen LogP contribution in [0.2, 0.25) is 0 Å². The van der Waals surface area contributed by atoms with Gasteiger partial charge in [-0.15, -0.1) is 0 Å². The van der Waals surface area contributed by atoms with E-state index in [0.717, 1.165) is 11.3 Å². The highest BCUT2D eigenvalue weighted by Crippen LogP contribution is 2.46. The van der Waals surface area contributed by atoms with Crippen LogP contribution in [0.25, 0.3) is 0 Å². The molecule has 1 aromatic rings. The van der Waals surface area contributed by atoms with Gasteiger partial charge in [0.05, 0.1) is 10.6 Å². The minimum absolute atomic E-state index is 0.0118.